The van der Waals surface area contributed by atoms with E-state index in [1.165, 1.54) is 37.6 Å². The lowest BCUT2D eigenvalue weighted by atomic mass is 10.00. The molecule has 1 aliphatic rings. The average molecular weight is 427 g/mol. The minimum Gasteiger partial charge on any atom is -0.493 e. The summed E-state index contributed by atoms with van der Waals surface area (Å²) in [6.07, 6.45) is 8.28. The lowest BCUT2D eigenvalue weighted by Gasteiger charge is -2.15. The van der Waals surface area contributed by atoms with Gasteiger partial charge in [0.2, 0.25) is 0 Å². The molecule has 6 nitrogen and oxygen atoms in total. The lowest BCUT2D eigenvalue weighted by Crippen LogP contribution is -2.35. The molecule has 0 aliphatic heterocycles. The van der Waals surface area contributed by atoms with E-state index in [1.807, 2.05) is 17.5 Å². The number of allylic oxidation sites excluding steroid dienone is 1. The van der Waals surface area contributed by atoms with Crippen molar-refractivity contribution in [2.45, 2.75) is 25.7 Å². The van der Waals surface area contributed by atoms with Gasteiger partial charge in [0.25, 0.3) is 11.8 Å². The predicted molar refractivity (Wildman–Crippen MR) is 119 cm³/mol. The third kappa shape index (κ3) is 5.73. The van der Waals surface area contributed by atoms with Crippen LogP contribution in [-0.2, 0) is 4.79 Å². The standard InChI is InChI=1S/C23H26N2O4S/c1-28-20-11-10-17(13-21(20)29-2)22(26)25-19(14-18-9-6-12-30-18)23(27)24-15-16-7-4-3-5-8-16/h6-7,9-14H,3-5,8,15H2,1-2H3,(H,24,27)(H,25,26)/b19-14-. The van der Waals surface area contributed by atoms with Crippen molar-refractivity contribution in [3.8, 4) is 11.5 Å². The number of ether oxygens (including phenoxy) is 2. The zero-order chi connectivity index (χ0) is 21.3. The molecule has 0 radical (unpaired) electrons. The van der Waals surface area contributed by atoms with Crippen LogP contribution in [0.1, 0.15) is 40.9 Å². The van der Waals surface area contributed by atoms with E-state index in [2.05, 4.69) is 16.7 Å². The van der Waals surface area contributed by atoms with Crippen LogP contribution in [-0.4, -0.2) is 32.6 Å². The molecule has 0 saturated carbocycles. The summed E-state index contributed by atoms with van der Waals surface area (Å²) in [5.41, 5.74) is 1.80. The highest BCUT2D eigenvalue weighted by Crippen LogP contribution is 2.27. The fourth-order valence-electron chi connectivity index (χ4n) is 3.20. The van der Waals surface area contributed by atoms with Crippen molar-refractivity contribution < 1.29 is 19.1 Å². The molecule has 0 spiro atoms. The van der Waals surface area contributed by atoms with Crippen molar-refractivity contribution in [2.75, 3.05) is 20.8 Å². The van der Waals surface area contributed by atoms with Crippen LogP contribution in [0.2, 0.25) is 0 Å². The van der Waals surface area contributed by atoms with Crippen molar-refractivity contribution in [1.29, 1.82) is 0 Å². The van der Waals surface area contributed by atoms with E-state index in [0.717, 1.165) is 24.1 Å². The second-order valence-corrected chi connectivity index (χ2v) is 7.87. The highest BCUT2D eigenvalue weighted by molar-refractivity contribution is 7.10. The number of carbonyl (C=O) groups is 2. The molecule has 2 amide bonds. The maximum absolute atomic E-state index is 12.8. The SMILES string of the molecule is COc1ccc(C(=O)N/C(=C\c2cccs2)C(=O)NCC2=CCCCC2)cc1OC. The summed E-state index contributed by atoms with van der Waals surface area (Å²) >= 11 is 1.49. The predicted octanol–water partition coefficient (Wildman–Crippen LogP) is 4.15. The first-order valence-electron chi connectivity index (χ1n) is 9.85. The van der Waals surface area contributed by atoms with E-state index in [9.17, 15) is 9.59 Å². The Morgan fingerprint density at radius 2 is 1.97 bits per heavy atom. The number of rotatable bonds is 8. The molecule has 0 unspecified atom stereocenters. The molecule has 2 aromatic rings. The van der Waals surface area contributed by atoms with Gasteiger partial charge in [-0.1, -0.05) is 17.7 Å². The smallest absolute Gasteiger partial charge is 0.268 e. The van der Waals surface area contributed by atoms with Crippen molar-refractivity contribution in [2.24, 2.45) is 0 Å². The molecule has 0 atom stereocenters. The number of hydrogen-bond acceptors (Lipinski definition) is 5. The van der Waals surface area contributed by atoms with Crippen molar-refractivity contribution in [1.82, 2.24) is 10.6 Å². The maximum Gasteiger partial charge on any atom is 0.268 e. The van der Waals surface area contributed by atoms with E-state index in [4.69, 9.17) is 9.47 Å². The molecule has 0 saturated heterocycles. The molecule has 2 N–H and O–H groups in total. The molecule has 7 heteroatoms. The number of benzene rings is 1. The van der Waals surface area contributed by atoms with Crippen molar-refractivity contribution in [3.05, 3.63) is 63.5 Å². The van der Waals surface area contributed by atoms with Gasteiger partial charge in [0.1, 0.15) is 5.70 Å². The summed E-state index contributed by atoms with van der Waals surface area (Å²) in [4.78, 5) is 26.5. The Balaban J connectivity index is 1.76. The minimum absolute atomic E-state index is 0.202. The highest BCUT2D eigenvalue weighted by Gasteiger charge is 2.17. The fraction of sp³-hybridized carbons (Fsp3) is 0.304. The van der Waals surface area contributed by atoms with Gasteiger partial charge >= 0.3 is 0 Å². The van der Waals surface area contributed by atoms with Gasteiger partial charge < -0.3 is 20.1 Å². The van der Waals surface area contributed by atoms with Gasteiger partial charge in [0.05, 0.1) is 14.2 Å². The van der Waals surface area contributed by atoms with Crippen LogP contribution in [0.5, 0.6) is 11.5 Å². The van der Waals surface area contributed by atoms with Crippen LogP contribution in [0.3, 0.4) is 0 Å². The Labute approximate surface area is 180 Å². The summed E-state index contributed by atoms with van der Waals surface area (Å²) < 4.78 is 10.5. The molecule has 1 aromatic heterocycles. The molecule has 1 aliphatic carbocycles. The molecule has 0 fully saturated rings. The van der Waals surface area contributed by atoms with E-state index >= 15 is 0 Å². The Morgan fingerprint density at radius 3 is 2.63 bits per heavy atom. The number of amides is 2. The van der Waals surface area contributed by atoms with Crippen molar-refractivity contribution >= 4 is 29.2 Å². The summed E-state index contributed by atoms with van der Waals surface area (Å²) in [7, 11) is 3.04. The lowest BCUT2D eigenvalue weighted by molar-refractivity contribution is -0.117. The molecular formula is C23H26N2O4S. The van der Waals surface area contributed by atoms with Gasteiger partial charge in [0, 0.05) is 17.0 Å². The highest BCUT2D eigenvalue weighted by atomic mass is 32.1. The molecular weight excluding hydrogens is 400 g/mol. The Bertz CT molecular complexity index is 948. The van der Waals surface area contributed by atoms with Gasteiger partial charge in [-0.2, -0.15) is 0 Å². The first-order chi connectivity index (χ1) is 14.6. The number of nitrogens with one attached hydrogen (secondary N) is 2. The van der Waals surface area contributed by atoms with Crippen molar-refractivity contribution in [3.63, 3.8) is 0 Å². The summed E-state index contributed by atoms with van der Waals surface area (Å²) in [5.74, 6) is 0.263. The molecule has 1 heterocycles. The second kappa shape index (κ2) is 10.6. The molecule has 30 heavy (non-hydrogen) atoms. The largest absolute Gasteiger partial charge is 0.493 e. The first kappa shape index (κ1) is 21.6. The van der Waals surface area contributed by atoms with Crippen LogP contribution in [0.4, 0.5) is 0 Å². The third-order valence-corrected chi connectivity index (χ3v) is 5.65. The Kier molecular flexibility index (Phi) is 7.68. The maximum atomic E-state index is 12.8. The van der Waals surface area contributed by atoms with Crippen LogP contribution >= 0.6 is 11.3 Å². The zero-order valence-electron chi connectivity index (χ0n) is 17.2. The number of carbonyl (C=O) groups excluding carboxylic acids is 2. The van der Waals surface area contributed by atoms with Gasteiger partial charge in [0.15, 0.2) is 11.5 Å². The number of thiophene rings is 1. The average Bonchev–Trinajstić information content (AvgIpc) is 3.30. The van der Waals surface area contributed by atoms with Gasteiger partial charge in [-0.15, -0.1) is 11.3 Å². The normalized spacial score (nSPS) is 13.9. The van der Waals surface area contributed by atoms with Crippen LogP contribution in [0, 0.1) is 0 Å². The van der Waals surface area contributed by atoms with Gasteiger partial charge in [-0.05, 0) is 61.4 Å². The molecule has 0 bridgehead atoms. The summed E-state index contributed by atoms with van der Waals surface area (Å²) in [6, 6.07) is 8.66. The number of methoxy groups -OCH3 is 2. The van der Waals surface area contributed by atoms with E-state index < -0.39 is 5.91 Å². The molecule has 3 rings (SSSR count). The van der Waals surface area contributed by atoms with Crippen LogP contribution in [0.15, 0.2) is 53.1 Å². The van der Waals surface area contributed by atoms with E-state index in [-0.39, 0.29) is 11.6 Å². The van der Waals surface area contributed by atoms with E-state index in [0.29, 0.717) is 23.6 Å². The van der Waals surface area contributed by atoms with Gasteiger partial charge in [-0.25, -0.2) is 0 Å². The topological polar surface area (TPSA) is 76.7 Å². The molecule has 158 valence electrons. The summed E-state index contributed by atoms with van der Waals surface area (Å²) in [6.45, 7) is 0.493. The van der Waals surface area contributed by atoms with Crippen LogP contribution in [0.25, 0.3) is 6.08 Å². The summed E-state index contributed by atoms with van der Waals surface area (Å²) in [5, 5.41) is 7.60. The van der Waals surface area contributed by atoms with Gasteiger partial charge in [-0.3, -0.25) is 9.59 Å². The second-order valence-electron chi connectivity index (χ2n) is 6.89. The monoisotopic (exact) mass is 426 g/mol. The quantitative estimate of drug-likeness (QED) is 0.491. The third-order valence-electron chi connectivity index (χ3n) is 4.83. The minimum atomic E-state index is -0.397. The zero-order valence-corrected chi connectivity index (χ0v) is 18.0. The van der Waals surface area contributed by atoms with Crippen LogP contribution < -0.4 is 20.1 Å². The number of hydrogen-bond donors (Lipinski definition) is 2. The van der Waals surface area contributed by atoms with E-state index in [1.54, 1.807) is 24.3 Å². The molecule has 1 aromatic carbocycles. The Hall–Kier alpha value is -3.06. The fourth-order valence-corrected chi connectivity index (χ4v) is 3.86. The first-order valence-corrected chi connectivity index (χ1v) is 10.7. The Morgan fingerprint density at radius 1 is 1.13 bits per heavy atom.